The monoisotopic (exact) mass is 436 g/mol. The molecule has 0 fully saturated rings. The first-order chi connectivity index (χ1) is 15.5. The van der Waals surface area contributed by atoms with Gasteiger partial charge < -0.3 is 5.11 Å². The predicted octanol–water partition coefficient (Wildman–Crippen LogP) is 6.11. The molecule has 0 saturated carbocycles. The molecule has 0 bridgehead atoms. The fourth-order valence-electron chi connectivity index (χ4n) is 5.43. The Labute approximate surface area is 193 Å². The number of rotatable bonds is 6. The van der Waals surface area contributed by atoms with E-state index in [0.717, 1.165) is 5.56 Å². The summed E-state index contributed by atoms with van der Waals surface area (Å²) in [6, 6.07) is 42.6. The SMILES string of the molecule is CC(C)(C)[Si](c1ccccc1)(c1ccccc1)[C@H](c1ccccc1)[C@@H](O)c1ccccc1. The van der Waals surface area contributed by atoms with E-state index >= 15 is 0 Å². The van der Waals surface area contributed by atoms with Crippen LogP contribution in [0.5, 0.6) is 0 Å². The number of hydrogen-bond donors (Lipinski definition) is 1. The quantitative estimate of drug-likeness (QED) is 0.362. The first-order valence-electron chi connectivity index (χ1n) is 11.4. The summed E-state index contributed by atoms with van der Waals surface area (Å²) in [6.45, 7) is 7.06. The van der Waals surface area contributed by atoms with E-state index in [0.29, 0.717) is 0 Å². The van der Waals surface area contributed by atoms with Crippen LogP contribution < -0.4 is 10.4 Å². The van der Waals surface area contributed by atoms with Gasteiger partial charge in [-0.25, -0.2) is 0 Å². The van der Waals surface area contributed by atoms with Crippen LogP contribution in [0, 0.1) is 0 Å². The van der Waals surface area contributed by atoms with Crippen LogP contribution in [-0.4, -0.2) is 13.2 Å². The van der Waals surface area contributed by atoms with Gasteiger partial charge in [0, 0.05) is 5.54 Å². The van der Waals surface area contributed by atoms with Gasteiger partial charge in [0.25, 0.3) is 0 Å². The summed E-state index contributed by atoms with van der Waals surface area (Å²) in [5.41, 5.74) is 2.10. The molecule has 4 rings (SSSR count). The summed E-state index contributed by atoms with van der Waals surface area (Å²) in [5, 5.41) is 14.7. The van der Waals surface area contributed by atoms with Gasteiger partial charge in [-0.3, -0.25) is 0 Å². The van der Waals surface area contributed by atoms with Crippen molar-refractivity contribution in [1.82, 2.24) is 0 Å². The van der Waals surface area contributed by atoms with Crippen LogP contribution in [0.4, 0.5) is 0 Å². The lowest BCUT2D eigenvalue weighted by Gasteiger charge is -2.51. The zero-order valence-corrected chi connectivity index (χ0v) is 20.1. The van der Waals surface area contributed by atoms with Gasteiger partial charge in [-0.2, -0.15) is 0 Å². The van der Waals surface area contributed by atoms with Crippen molar-refractivity contribution in [1.29, 1.82) is 0 Å². The van der Waals surface area contributed by atoms with E-state index < -0.39 is 14.2 Å². The maximum atomic E-state index is 12.1. The van der Waals surface area contributed by atoms with Gasteiger partial charge >= 0.3 is 0 Å². The van der Waals surface area contributed by atoms with E-state index in [1.807, 2.05) is 18.2 Å². The summed E-state index contributed by atoms with van der Waals surface area (Å²) < 4.78 is 0. The first kappa shape index (κ1) is 22.3. The number of benzene rings is 4. The van der Waals surface area contributed by atoms with Crippen LogP contribution in [0.3, 0.4) is 0 Å². The van der Waals surface area contributed by atoms with Gasteiger partial charge in [-0.15, -0.1) is 0 Å². The molecule has 0 heterocycles. The van der Waals surface area contributed by atoms with E-state index in [1.54, 1.807) is 0 Å². The zero-order valence-electron chi connectivity index (χ0n) is 19.1. The fraction of sp³-hybridized carbons (Fsp3) is 0.200. The Morgan fingerprint density at radius 1 is 0.531 bits per heavy atom. The molecule has 0 aliphatic rings. The molecule has 4 aromatic rings. The van der Waals surface area contributed by atoms with Gasteiger partial charge in [0.2, 0.25) is 0 Å². The third-order valence-corrected chi connectivity index (χ3v) is 13.2. The second kappa shape index (κ2) is 9.28. The Morgan fingerprint density at radius 2 is 0.875 bits per heavy atom. The molecule has 4 aromatic carbocycles. The maximum absolute atomic E-state index is 12.1. The van der Waals surface area contributed by atoms with E-state index in [4.69, 9.17) is 0 Å². The van der Waals surface area contributed by atoms with Crippen LogP contribution in [0.15, 0.2) is 121 Å². The van der Waals surface area contributed by atoms with Crippen molar-refractivity contribution in [3.63, 3.8) is 0 Å². The minimum absolute atomic E-state index is 0.0594. The van der Waals surface area contributed by atoms with Gasteiger partial charge in [0.15, 0.2) is 0 Å². The molecule has 0 aliphatic carbocycles. The van der Waals surface area contributed by atoms with Gasteiger partial charge in [0.1, 0.15) is 8.07 Å². The fourth-order valence-corrected chi connectivity index (χ4v) is 11.9. The third-order valence-electron chi connectivity index (χ3n) is 6.72. The average molecular weight is 437 g/mol. The molecule has 162 valence electrons. The summed E-state index contributed by atoms with van der Waals surface area (Å²) in [5.74, 6) is 0. The zero-order chi connectivity index (χ0) is 22.6. The Balaban J connectivity index is 2.10. The minimum Gasteiger partial charge on any atom is -0.388 e. The van der Waals surface area contributed by atoms with E-state index in [2.05, 4.69) is 124 Å². The van der Waals surface area contributed by atoms with Crippen LogP contribution in [0.25, 0.3) is 0 Å². The molecule has 1 N–H and O–H groups in total. The van der Waals surface area contributed by atoms with Crippen molar-refractivity contribution in [3.05, 3.63) is 132 Å². The predicted molar refractivity (Wildman–Crippen MR) is 138 cm³/mol. The summed E-state index contributed by atoms with van der Waals surface area (Å²) in [6.07, 6.45) is -0.620. The minimum atomic E-state index is -2.62. The average Bonchev–Trinajstić information content (AvgIpc) is 2.83. The van der Waals surface area contributed by atoms with Gasteiger partial charge in [-0.05, 0) is 16.2 Å². The standard InChI is InChI=1S/C30H32OSi/c1-30(2,3)32(26-20-12-6-13-21-26,27-22-14-7-15-23-27)29(25-18-10-5-11-19-25)28(31)24-16-8-4-9-17-24/h4-23,28-29,31H,1-3H3/t28-,29+/m0/s1. The molecule has 1 nitrogen and oxygen atoms in total. The lowest BCUT2D eigenvalue weighted by atomic mass is 10.0. The van der Waals surface area contributed by atoms with Crippen LogP contribution in [-0.2, 0) is 0 Å². The molecular formula is C30H32OSi. The van der Waals surface area contributed by atoms with Crippen molar-refractivity contribution >= 4 is 18.4 Å². The Hall–Kier alpha value is -2.94. The van der Waals surface area contributed by atoms with E-state index in [1.165, 1.54) is 15.9 Å². The van der Waals surface area contributed by atoms with Crippen molar-refractivity contribution in [2.75, 3.05) is 0 Å². The molecule has 0 saturated heterocycles. The molecule has 0 amide bonds. The van der Waals surface area contributed by atoms with Gasteiger partial charge in [0.05, 0.1) is 6.10 Å². The highest BCUT2D eigenvalue weighted by Gasteiger charge is 2.55. The summed E-state index contributed by atoms with van der Waals surface area (Å²) in [4.78, 5) is 0. The second-order valence-corrected chi connectivity index (χ2v) is 14.4. The molecule has 2 heteroatoms. The Bertz CT molecular complexity index is 1060. The molecular weight excluding hydrogens is 404 g/mol. The molecule has 0 radical (unpaired) electrons. The molecule has 0 aliphatic heterocycles. The van der Waals surface area contributed by atoms with Crippen molar-refractivity contribution in [2.24, 2.45) is 0 Å². The number of aliphatic hydroxyl groups excluding tert-OH is 1. The molecule has 2 atom stereocenters. The first-order valence-corrected chi connectivity index (χ1v) is 13.4. The maximum Gasteiger partial charge on any atom is 0.133 e. The summed E-state index contributed by atoms with van der Waals surface area (Å²) >= 11 is 0. The normalized spacial score (nSPS) is 14.0. The largest absolute Gasteiger partial charge is 0.388 e. The Morgan fingerprint density at radius 3 is 1.25 bits per heavy atom. The van der Waals surface area contributed by atoms with Crippen LogP contribution in [0.1, 0.15) is 43.5 Å². The topological polar surface area (TPSA) is 20.2 Å². The number of aliphatic hydroxyl groups is 1. The summed E-state index contributed by atoms with van der Waals surface area (Å²) in [7, 11) is -2.62. The third kappa shape index (κ3) is 3.97. The molecule has 0 aromatic heterocycles. The Kier molecular flexibility index (Phi) is 6.45. The lowest BCUT2D eigenvalue weighted by molar-refractivity contribution is 0.168. The second-order valence-electron chi connectivity index (χ2n) is 9.53. The highest BCUT2D eigenvalue weighted by Crippen LogP contribution is 2.49. The molecule has 0 unspecified atom stereocenters. The lowest BCUT2D eigenvalue weighted by Crippen LogP contribution is -2.69. The molecule has 0 spiro atoms. The van der Waals surface area contributed by atoms with Crippen molar-refractivity contribution in [2.45, 2.75) is 37.5 Å². The van der Waals surface area contributed by atoms with Crippen LogP contribution in [0.2, 0.25) is 5.04 Å². The van der Waals surface area contributed by atoms with E-state index in [-0.39, 0.29) is 10.6 Å². The van der Waals surface area contributed by atoms with Crippen molar-refractivity contribution in [3.8, 4) is 0 Å². The van der Waals surface area contributed by atoms with E-state index in [9.17, 15) is 5.11 Å². The van der Waals surface area contributed by atoms with Gasteiger partial charge in [-0.1, -0.05) is 152 Å². The van der Waals surface area contributed by atoms with Crippen LogP contribution >= 0.6 is 0 Å². The van der Waals surface area contributed by atoms with Crippen molar-refractivity contribution < 1.29 is 5.11 Å². The highest BCUT2D eigenvalue weighted by atomic mass is 28.3. The highest BCUT2D eigenvalue weighted by molar-refractivity contribution is 7.05. The number of hydrogen-bond acceptors (Lipinski definition) is 1. The molecule has 32 heavy (non-hydrogen) atoms. The smallest absolute Gasteiger partial charge is 0.133 e.